The molecule has 0 amide bonds. The SMILES string of the molecule is O=C(O)C1C(F)CCNC1F. The summed E-state index contributed by atoms with van der Waals surface area (Å²) in [5.41, 5.74) is 0. The van der Waals surface area contributed by atoms with Crippen molar-refractivity contribution in [2.45, 2.75) is 18.9 Å². The summed E-state index contributed by atoms with van der Waals surface area (Å²) < 4.78 is 25.3. The van der Waals surface area contributed by atoms with Crippen molar-refractivity contribution in [1.29, 1.82) is 0 Å². The molecule has 0 saturated carbocycles. The summed E-state index contributed by atoms with van der Waals surface area (Å²) in [5.74, 6) is -2.96. The van der Waals surface area contributed by atoms with E-state index in [0.717, 1.165) is 0 Å². The quantitative estimate of drug-likeness (QED) is 0.550. The minimum absolute atomic E-state index is 0.0669. The maximum Gasteiger partial charge on any atom is 0.313 e. The smallest absolute Gasteiger partial charge is 0.313 e. The number of carbonyl (C=O) groups is 1. The second kappa shape index (κ2) is 3.13. The molecule has 1 saturated heterocycles. The Morgan fingerprint density at radius 2 is 2.18 bits per heavy atom. The van der Waals surface area contributed by atoms with Crippen LogP contribution >= 0.6 is 0 Å². The molecule has 3 unspecified atom stereocenters. The van der Waals surface area contributed by atoms with Crippen LogP contribution in [0.2, 0.25) is 0 Å². The monoisotopic (exact) mass is 165 g/mol. The van der Waals surface area contributed by atoms with Crippen LogP contribution in [0.5, 0.6) is 0 Å². The molecule has 11 heavy (non-hydrogen) atoms. The lowest BCUT2D eigenvalue weighted by atomic mass is 9.96. The Balaban J connectivity index is 2.62. The van der Waals surface area contributed by atoms with Gasteiger partial charge in [-0.05, 0) is 6.42 Å². The van der Waals surface area contributed by atoms with Gasteiger partial charge in [-0.15, -0.1) is 0 Å². The molecule has 1 rings (SSSR count). The van der Waals surface area contributed by atoms with Gasteiger partial charge >= 0.3 is 5.97 Å². The first-order chi connectivity index (χ1) is 5.13. The van der Waals surface area contributed by atoms with Crippen molar-refractivity contribution in [1.82, 2.24) is 5.32 Å². The third-order valence-electron chi connectivity index (χ3n) is 1.75. The molecular formula is C6H9F2NO2. The molecule has 0 aromatic rings. The van der Waals surface area contributed by atoms with E-state index in [1.807, 2.05) is 0 Å². The number of rotatable bonds is 1. The zero-order chi connectivity index (χ0) is 8.43. The predicted octanol–water partition coefficient (Wildman–Crippen LogP) is 0.314. The molecule has 0 bridgehead atoms. The molecular weight excluding hydrogens is 156 g/mol. The van der Waals surface area contributed by atoms with Gasteiger partial charge in [-0.25, -0.2) is 8.78 Å². The van der Waals surface area contributed by atoms with Crippen LogP contribution in [0.4, 0.5) is 8.78 Å². The molecule has 2 N–H and O–H groups in total. The summed E-state index contributed by atoms with van der Waals surface area (Å²) in [6.07, 6.45) is -3.25. The van der Waals surface area contributed by atoms with Crippen LogP contribution in [0.25, 0.3) is 0 Å². The topological polar surface area (TPSA) is 49.3 Å². The molecule has 1 aliphatic rings. The number of carboxylic acid groups (broad SMARTS) is 1. The van der Waals surface area contributed by atoms with Crippen LogP contribution in [0.15, 0.2) is 0 Å². The second-order valence-electron chi connectivity index (χ2n) is 2.52. The van der Waals surface area contributed by atoms with Gasteiger partial charge in [0.15, 0.2) is 6.30 Å². The number of nitrogens with one attached hydrogen (secondary N) is 1. The van der Waals surface area contributed by atoms with E-state index in [1.165, 1.54) is 0 Å². The first-order valence-corrected chi connectivity index (χ1v) is 3.37. The molecule has 3 atom stereocenters. The highest BCUT2D eigenvalue weighted by Crippen LogP contribution is 2.21. The lowest BCUT2D eigenvalue weighted by Crippen LogP contribution is -2.48. The lowest BCUT2D eigenvalue weighted by Gasteiger charge is -2.26. The van der Waals surface area contributed by atoms with Gasteiger partial charge in [-0.1, -0.05) is 0 Å². The minimum atomic E-state index is -1.75. The van der Waals surface area contributed by atoms with E-state index in [2.05, 4.69) is 5.32 Å². The third-order valence-corrected chi connectivity index (χ3v) is 1.75. The van der Waals surface area contributed by atoms with Crippen molar-refractivity contribution in [3.63, 3.8) is 0 Å². The van der Waals surface area contributed by atoms with Crippen LogP contribution in [-0.2, 0) is 4.79 Å². The highest BCUT2D eigenvalue weighted by atomic mass is 19.1. The van der Waals surface area contributed by atoms with Gasteiger partial charge in [0.1, 0.15) is 12.1 Å². The first kappa shape index (κ1) is 8.39. The molecule has 0 aromatic carbocycles. The van der Waals surface area contributed by atoms with Crippen molar-refractivity contribution in [2.75, 3.05) is 6.54 Å². The second-order valence-corrected chi connectivity index (χ2v) is 2.52. The van der Waals surface area contributed by atoms with E-state index in [0.29, 0.717) is 0 Å². The summed E-state index contributed by atoms with van der Waals surface area (Å²) in [4.78, 5) is 10.3. The number of piperidine rings is 1. The molecule has 64 valence electrons. The van der Waals surface area contributed by atoms with Crippen LogP contribution in [-0.4, -0.2) is 30.1 Å². The van der Waals surface area contributed by atoms with E-state index >= 15 is 0 Å². The maximum absolute atomic E-state index is 12.7. The Bertz CT molecular complexity index is 155. The van der Waals surface area contributed by atoms with Crippen molar-refractivity contribution in [3.05, 3.63) is 0 Å². The van der Waals surface area contributed by atoms with Gasteiger partial charge in [0.25, 0.3) is 0 Å². The third kappa shape index (κ3) is 1.65. The summed E-state index contributed by atoms with van der Waals surface area (Å²) >= 11 is 0. The number of hydrogen-bond donors (Lipinski definition) is 2. The van der Waals surface area contributed by atoms with Crippen molar-refractivity contribution in [2.24, 2.45) is 5.92 Å². The molecule has 1 fully saturated rings. The van der Waals surface area contributed by atoms with E-state index in [9.17, 15) is 13.6 Å². The Hall–Kier alpha value is -0.710. The minimum Gasteiger partial charge on any atom is -0.481 e. The summed E-state index contributed by atoms with van der Waals surface area (Å²) in [6, 6.07) is 0. The Labute approximate surface area is 62.4 Å². The normalized spacial score (nSPS) is 38.5. The van der Waals surface area contributed by atoms with Crippen molar-refractivity contribution in [3.8, 4) is 0 Å². The average molecular weight is 165 g/mol. The van der Waals surface area contributed by atoms with E-state index in [4.69, 9.17) is 5.11 Å². The van der Waals surface area contributed by atoms with Crippen LogP contribution in [0.1, 0.15) is 6.42 Å². The first-order valence-electron chi connectivity index (χ1n) is 3.37. The molecule has 1 aliphatic heterocycles. The van der Waals surface area contributed by atoms with Crippen LogP contribution in [0, 0.1) is 5.92 Å². The number of carboxylic acids is 1. The molecule has 0 aliphatic carbocycles. The highest BCUT2D eigenvalue weighted by Gasteiger charge is 2.38. The molecule has 1 heterocycles. The van der Waals surface area contributed by atoms with Gasteiger partial charge in [0, 0.05) is 6.54 Å². The van der Waals surface area contributed by atoms with Crippen molar-refractivity contribution < 1.29 is 18.7 Å². The molecule has 0 aromatic heterocycles. The zero-order valence-corrected chi connectivity index (χ0v) is 5.76. The average Bonchev–Trinajstić information content (AvgIpc) is 1.85. The van der Waals surface area contributed by atoms with Gasteiger partial charge in [0.05, 0.1) is 0 Å². The lowest BCUT2D eigenvalue weighted by molar-refractivity contribution is -0.149. The van der Waals surface area contributed by atoms with E-state index < -0.39 is 24.4 Å². The summed E-state index contributed by atoms with van der Waals surface area (Å²) in [5, 5.41) is 10.6. The number of halogens is 2. The molecule has 5 heteroatoms. The zero-order valence-electron chi connectivity index (χ0n) is 5.76. The molecule has 0 radical (unpaired) electrons. The van der Waals surface area contributed by atoms with Crippen LogP contribution in [0.3, 0.4) is 0 Å². The standard InChI is InChI=1S/C6H9F2NO2/c7-3-1-2-9-5(8)4(3)6(10)11/h3-5,9H,1-2H2,(H,10,11). The fourth-order valence-electron chi connectivity index (χ4n) is 1.13. The predicted molar refractivity (Wildman–Crippen MR) is 33.5 cm³/mol. The number of hydrogen-bond acceptors (Lipinski definition) is 2. The van der Waals surface area contributed by atoms with Gasteiger partial charge in [0.2, 0.25) is 0 Å². The summed E-state index contributed by atoms with van der Waals surface area (Å²) in [6.45, 7) is 0.201. The number of alkyl halides is 2. The summed E-state index contributed by atoms with van der Waals surface area (Å²) in [7, 11) is 0. The highest BCUT2D eigenvalue weighted by molar-refractivity contribution is 5.71. The molecule has 0 spiro atoms. The van der Waals surface area contributed by atoms with Gasteiger partial charge < -0.3 is 5.11 Å². The van der Waals surface area contributed by atoms with Crippen LogP contribution < -0.4 is 5.32 Å². The van der Waals surface area contributed by atoms with Crippen molar-refractivity contribution >= 4 is 5.97 Å². The largest absolute Gasteiger partial charge is 0.481 e. The van der Waals surface area contributed by atoms with E-state index in [-0.39, 0.29) is 13.0 Å². The fourth-order valence-corrected chi connectivity index (χ4v) is 1.13. The maximum atomic E-state index is 12.7. The van der Waals surface area contributed by atoms with Gasteiger partial charge in [-0.2, -0.15) is 0 Å². The Kier molecular flexibility index (Phi) is 2.38. The molecule has 3 nitrogen and oxygen atoms in total. The fraction of sp³-hybridized carbons (Fsp3) is 0.833. The van der Waals surface area contributed by atoms with E-state index in [1.54, 1.807) is 0 Å². The number of aliphatic carboxylic acids is 1. The van der Waals surface area contributed by atoms with Gasteiger partial charge in [-0.3, -0.25) is 10.1 Å². The Morgan fingerprint density at radius 1 is 1.55 bits per heavy atom. The Morgan fingerprint density at radius 3 is 2.55 bits per heavy atom.